The monoisotopic (exact) mass is 284 g/mol. The Morgan fingerprint density at radius 1 is 1.25 bits per heavy atom. The molecule has 0 bridgehead atoms. The van der Waals surface area contributed by atoms with Crippen LogP contribution in [0.1, 0.15) is 10.7 Å². The molecular weight excluding hydrogens is 268 g/mol. The summed E-state index contributed by atoms with van der Waals surface area (Å²) >= 11 is 1.71. The Bertz CT molecular complexity index is 736. The maximum absolute atomic E-state index is 5.97. The number of nitrogen functional groups attached to an aromatic ring is 1. The van der Waals surface area contributed by atoms with Crippen molar-refractivity contribution in [2.75, 3.05) is 17.6 Å². The van der Waals surface area contributed by atoms with Gasteiger partial charge in [-0.3, -0.25) is 4.98 Å². The van der Waals surface area contributed by atoms with Gasteiger partial charge in [0, 0.05) is 58.6 Å². The van der Waals surface area contributed by atoms with Crippen molar-refractivity contribution in [2.45, 2.75) is 13.3 Å². The Morgan fingerprint density at radius 3 is 2.95 bits per heavy atom. The molecule has 3 aromatic rings. The van der Waals surface area contributed by atoms with Gasteiger partial charge >= 0.3 is 0 Å². The van der Waals surface area contributed by atoms with Crippen molar-refractivity contribution in [1.82, 2.24) is 9.97 Å². The number of aromatic nitrogens is 2. The van der Waals surface area contributed by atoms with E-state index in [2.05, 4.69) is 20.7 Å². The third-order valence-corrected chi connectivity index (χ3v) is 4.20. The topological polar surface area (TPSA) is 63.8 Å². The number of nitrogens with two attached hydrogens (primary N) is 1. The first-order valence-electron chi connectivity index (χ1n) is 6.51. The minimum Gasteiger partial charge on any atom is -0.398 e. The van der Waals surface area contributed by atoms with Gasteiger partial charge in [-0.05, 0) is 25.1 Å². The van der Waals surface area contributed by atoms with Gasteiger partial charge in [0.2, 0.25) is 0 Å². The Labute approximate surface area is 121 Å². The molecule has 3 N–H and O–H groups in total. The Balaban J connectivity index is 1.76. The van der Waals surface area contributed by atoms with E-state index in [9.17, 15) is 0 Å². The lowest BCUT2D eigenvalue weighted by Crippen LogP contribution is -2.05. The fourth-order valence-electron chi connectivity index (χ4n) is 2.19. The highest BCUT2D eigenvalue weighted by atomic mass is 32.1. The molecule has 0 aliphatic rings. The van der Waals surface area contributed by atoms with Gasteiger partial charge in [0.15, 0.2) is 0 Å². The molecule has 0 amide bonds. The number of nitrogens with one attached hydrogen (secondary N) is 1. The van der Waals surface area contributed by atoms with Crippen molar-refractivity contribution in [3.63, 3.8) is 0 Å². The molecule has 0 fully saturated rings. The molecule has 0 aliphatic heterocycles. The van der Waals surface area contributed by atoms with Crippen molar-refractivity contribution in [2.24, 2.45) is 0 Å². The fourth-order valence-corrected chi connectivity index (χ4v) is 2.96. The maximum Gasteiger partial charge on any atom is 0.0945 e. The van der Waals surface area contributed by atoms with Crippen LogP contribution in [0.5, 0.6) is 0 Å². The first kappa shape index (κ1) is 12.9. The molecule has 0 saturated heterocycles. The Hall–Kier alpha value is -2.14. The second kappa shape index (κ2) is 5.46. The molecular formula is C15H16N4S. The predicted octanol–water partition coefficient (Wildman–Crippen LogP) is 3.24. The van der Waals surface area contributed by atoms with Crippen molar-refractivity contribution < 1.29 is 0 Å². The van der Waals surface area contributed by atoms with Crippen molar-refractivity contribution in [1.29, 1.82) is 0 Å². The van der Waals surface area contributed by atoms with E-state index in [1.165, 1.54) is 0 Å². The number of hydrogen-bond acceptors (Lipinski definition) is 5. The molecule has 4 nitrogen and oxygen atoms in total. The summed E-state index contributed by atoms with van der Waals surface area (Å²) in [6.45, 7) is 2.88. The number of anilines is 2. The van der Waals surface area contributed by atoms with Crippen LogP contribution in [0.15, 0.2) is 36.0 Å². The summed E-state index contributed by atoms with van der Waals surface area (Å²) in [5.41, 5.74) is 8.91. The quantitative estimate of drug-likeness (QED) is 0.722. The number of nitrogens with zero attached hydrogens (tertiary/aromatic N) is 2. The number of rotatable bonds is 4. The molecule has 3 rings (SSSR count). The largest absolute Gasteiger partial charge is 0.398 e. The van der Waals surface area contributed by atoms with Crippen molar-refractivity contribution in [3.05, 3.63) is 46.7 Å². The van der Waals surface area contributed by atoms with Crippen LogP contribution in [0, 0.1) is 6.92 Å². The molecule has 102 valence electrons. The lowest BCUT2D eigenvalue weighted by atomic mass is 10.1. The van der Waals surface area contributed by atoms with E-state index in [0.29, 0.717) is 0 Å². The number of fused-ring (bicyclic) bond motifs is 1. The first-order chi connectivity index (χ1) is 9.74. The van der Waals surface area contributed by atoms with Crippen molar-refractivity contribution in [3.8, 4) is 0 Å². The molecule has 0 radical (unpaired) electrons. The second-order valence-corrected chi connectivity index (χ2v) is 5.63. The number of aryl methyl sites for hydroxylation is 1. The average molecular weight is 284 g/mol. The van der Waals surface area contributed by atoms with Gasteiger partial charge in [-0.1, -0.05) is 0 Å². The van der Waals surface area contributed by atoms with E-state index in [1.54, 1.807) is 23.7 Å². The second-order valence-electron chi connectivity index (χ2n) is 4.68. The molecule has 0 aliphatic carbocycles. The molecule has 5 heteroatoms. The van der Waals surface area contributed by atoms with E-state index in [0.717, 1.165) is 45.8 Å². The number of benzene rings is 1. The van der Waals surface area contributed by atoms with E-state index in [1.807, 2.05) is 25.1 Å². The van der Waals surface area contributed by atoms with E-state index >= 15 is 0 Å². The summed E-state index contributed by atoms with van der Waals surface area (Å²) in [7, 11) is 0. The van der Waals surface area contributed by atoms with Crippen LogP contribution in [0.3, 0.4) is 0 Å². The predicted molar refractivity (Wildman–Crippen MR) is 85.2 cm³/mol. The Kier molecular flexibility index (Phi) is 3.52. The number of pyridine rings is 1. The van der Waals surface area contributed by atoms with Crippen LogP contribution >= 0.6 is 11.3 Å². The zero-order chi connectivity index (χ0) is 13.9. The molecule has 2 aromatic heterocycles. The minimum atomic E-state index is 0.759. The SMILES string of the molecule is Cc1csc(CCNc2ccc(N)c3cnccc23)n1. The third kappa shape index (κ3) is 2.58. The van der Waals surface area contributed by atoms with Gasteiger partial charge in [0.05, 0.1) is 5.01 Å². The normalized spacial score (nSPS) is 10.8. The summed E-state index contributed by atoms with van der Waals surface area (Å²) in [5.74, 6) is 0. The van der Waals surface area contributed by atoms with Gasteiger partial charge in [0.25, 0.3) is 0 Å². The molecule has 1 aromatic carbocycles. The van der Waals surface area contributed by atoms with E-state index in [-0.39, 0.29) is 0 Å². The maximum atomic E-state index is 5.97. The Morgan fingerprint density at radius 2 is 2.15 bits per heavy atom. The summed E-state index contributed by atoms with van der Waals surface area (Å²) in [4.78, 5) is 8.60. The molecule has 20 heavy (non-hydrogen) atoms. The number of thiazole rings is 1. The molecule has 2 heterocycles. The van der Waals surface area contributed by atoms with Crippen LogP contribution < -0.4 is 11.1 Å². The molecule has 0 unspecified atom stereocenters. The summed E-state index contributed by atoms with van der Waals surface area (Å²) < 4.78 is 0. The lowest BCUT2D eigenvalue weighted by molar-refractivity contribution is 0.988. The van der Waals surface area contributed by atoms with Gasteiger partial charge in [-0.15, -0.1) is 11.3 Å². The van der Waals surface area contributed by atoms with Gasteiger partial charge in [-0.2, -0.15) is 0 Å². The standard InChI is InChI=1S/C15H16N4S/c1-10-9-20-15(19-10)5-7-18-14-3-2-13(16)12-8-17-6-4-11(12)14/h2-4,6,8-9,18H,5,7,16H2,1H3. The van der Waals surface area contributed by atoms with Gasteiger partial charge in [-0.25, -0.2) is 4.98 Å². The summed E-state index contributed by atoms with van der Waals surface area (Å²) in [6.07, 6.45) is 4.52. The molecule has 0 spiro atoms. The van der Waals surface area contributed by atoms with Crippen LogP contribution in [-0.2, 0) is 6.42 Å². The zero-order valence-corrected chi connectivity index (χ0v) is 12.1. The van der Waals surface area contributed by atoms with Crippen LogP contribution in [0.2, 0.25) is 0 Å². The van der Waals surface area contributed by atoms with Crippen LogP contribution in [0.4, 0.5) is 11.4 Å². The zero-order valence-electron chi connectivity index (χ0n) is 11.3. The third-order valence-electron chi connectivity index (χ3n) is 3.17. The summed E-state index contributed by atoms with van der Waals surface area (Å²) in [6, 6.07) is 5.92. The van der Waals surface area contributed by atoms with E-state index in [4.69, 9.17) is 5.73 Å². The highest BCUT2D eigenvalue weighted by molar-refractivity contribution is 7.09. The first-order valence-corrected chi connectivity index (χ1v) is 7.39. The number of hydrogen-bond donors (Lipinski definition) is 2. The molecule has 0 saturated carbocycles. The summed E-state index contributed by atoms with van der Waals surface area (Å²) in [5, 5.41) is 8.80. The minimum absolute atomic E-state index is 0.759. The highest BCUT2D eigenvalue weighted by Gasteiger charge is 2.04. The van der Waals surface area contributed by atoms with Crippen LogP contribution in [-0.4, -0.2) is 16.5 Å². The van der Waals surface area contributed by atoms with Gasteiger partial charge < -0.3 is 11.1 Å². The van der Waals surface area contributed by atoms with Crippen LogP contribution in [0.25, 0.3) is 10.8 Å². The fraction of sp³-hybridized carbons (Fsp3) is 0.200. The average Bonchev–Trinajstić information content (AvgIpc) is 2.87. The lowest BCUT2D eigenvalue weighted by Gasteiger charge is -2.10. The highest BCUT2D eigenvalue weighted by Crippen LogP contribution is 2.27. The van der Waals surface area contributed by atoms with E-state index < -0.39 is 0 Å². The van der Waals surface area contributed by atoms with Gasteiger partial charge in [0.1, 0.15) is 0 Å². The van der Waals surface area contributed by atoms with Crippen molar-refractivity contribution >= 4 is 33.5 Å². The molecule has 0 atom stereocenters. The smallest absolute Gasteiger partial charge is 0.0945 e.